The van der Waals surface area contributed by atoms with Gasteiger partial charge in [0.15, 0.2) is 0 Å². The highest BCUT2D eigenvalue weighted by molar-refractivity contribution is 7.92. The lowest BCUT2D eigenvalue weighted by molar-refractivity contribution is 0.601. The van der Waals surface area contributed by atoms with Gasteiger partial charge in [-0.15, -0.1) is 0 Å². The SMILES string of the molecule is Cc1c(NS(=O)(=O)c2ccccc2Cl)cccc1-c1nc2cccnc2s1. The molecule has 5 nitrogen and oxygen atoms in total. The summed E-state index contributed by atoms with van der Waals surface area (Å²) in [7, 11) is -3.80. The Hall–Kier alpha value is -2.48. The lowest BCUT2D eigenvalue weighted by atomic mass is 10.1. The van der Waals surface area contributed by atoms with Gasteiger partial charge in [0.2, 0.25) is 0 Å². The molecule has 0 aliphatic carbocycles. The topological polar surface area (TPSA) is 72.0 Å². The van der Waals surface area contributed by atoms with Crippen LogP contribution in [0.5, 0.6) is 0 Å². The molecule has 2 heterocycles. The molecule has 0 aliphatic rings. The predicted octanol–water partition coefficient (Wildman–Crippen LogP) is 5.12. The van der Waals surface area contributed by atoms with E-state index in [1.165, 1.54) is 17.4 Å². The van der Waals surface area contributed by atoms with Crippen LogP contribution in [0.15, 0.2) is 65.7 Å². The molecule has 0 atom stereocenters. The van der Waals surface area contributed by atoms with Crippen LogP contribution in [-0.2, 0) is 10.0 Å². The molecule has 0 radical (unpaired) electrons. The minimum atomic E-state index is -3.80. The quantitative estimate of drug-likeness (QED) is 0.502. The van der Waals surface area contributed by atoms with E-state index in [9.17, 15) is 8.42 Å². The first kappa shape index (κ1) is 17.9. The Morgan fingerprint density at radius 3 is 2.63 bits per heavy atom. The van der Waals surface area contributed by atoms with Crippen molar-refractivity contribution in [2.24, 2.45) is 0 Å². The van der Waals surface area contributed by atoms with Crippen molar-refractivity contribution in [2.45, 2.75) is 11.8 Å². The molecular formula is C19H14ClN3O2S2. The van der Waals surface area contributed by atoms with E-state index in [1.807, 2.05) is 25.1 Å². The van der Waals surface area contributed by atoms with E-state index in [2.05, 4.69) is 14.7 Å². The lowest BCUT2D eigenvalue weighted by Crippen LogP contribution is -2.14. The van der Waals surface area contributed by atoms with Crippen LogP contribution in [0, 0.1) is 6.92 Å². The second kappa shape index (κ2) is 6.92. The van der Waals surface area contributed by atoms with Crippen LogP contribution < -0.4 is 4.72 Å². The van der Waals surface area contributed by atoms with E-state index in [0.717, 1.165) is 26.5 Å². The van der Waals surface area contributed by atoms with Crippen molar-refractivity contribution in [2.75, 3.05) is 4.72 Å². The van der Waals surface area contributed by atoms with Crippen molar-refractivity contribution in [3.63, 3.8) is 0 Å². The number of rotatable bonds is 4. The number of pyridine rings is 1. The summed E-state index contributed by atoms with van der Waals surface area (Å²) < 4.78 is 28.1. The molecule has 0 fully saturated rings. The number of thiazole rings is 1. The van der Waals surface area contributed by atoms with Gasteiger partial charge < -0.3 is 0 Å². The summed E-state index contributed by atoms with van der Waals surface area (Å²) >= 11 is 7.52. The molecule has 2 aromatic carbocycles. The van der Waals surface area contributed by atoms with Gasteiger partial charge in [-0.1, -0.05) is 47.2 Å². The minimum absolute atomic E-state index is 0.0423. The molecule has 8 heteroatoms. The van der Waals surface area contributed by atoms with E-state index in [4.69, 9.17) is 11.6 Å². The first-order valence-electron chi connectivity index (χ1n) is 8.04. The van der Waals surface area contributed by atoms with Gasteiger partial charge in [0.1, 0.15) is 20.3 Å². The molecule has 0 unspecified atom stereocenters. The predicted molar refractivity (Wildman–Crippen MR) is 110 cm³/mol. The van der Waals surface area contributed by atoms with Crippen molar-refractivity contribution in [3.8, 4) is 10.6 Å². The summed E-state index contributed by atoms with van der Waals surface area (Å²) in [5.41, 5.74) is 2.95. The lowest BCUT2D eigenvalue weighted by Gasteiger charge is -2.13. The molecule has 0 saturated carbocycles. The molecular weight excluding hydrogens is 402 g/mol. The molecule has 0 aliphatic heterocycles. The number of nitrogens with zero attached hydrogens (tertiary/aromatic N) is 2. The molecule has 4 rings (SSSR count). The third kappa shape index (κ3) is 3.41. The highest BCUT2D eigenvalue weighted by Gasteiger charge is 2.20. The zero-order chi connectivity index (χ0) is 19.0. The largest absolute Gasteiger partial charge is 0.279 e. The monoisotopic (exact) mass is 415 g/mol. The van der Waals surface area contributed by atoms with Gasteiger partial charge in [0.05, 0.1) is 10.7 Å². The molecule has 1 N–H and O–H groups in total. The van der Waals surface area contributed by atoms with Crippen LogP contribution in [0.4, 0.5) is 5.69 Å². The van der Waals surface area contributed by atoms with Crippen LogP contribution >= 0.6 is 22.9 Å². The van der Waals surface area contributed by atoms with Crippen molar-refractivity contribution < 1.29 is 8.42 Å². The summed E-state index contributed by atoms with van der Waals surface area (Å²) in [6, 6.07) is 15.5. The van der Waals surface area contributed by atoms with Crippen LogP contribution in [-0.4, -0.2) is 18.4 Å². The van der Waals surface area contributed by atoms with Gasteiger partial charge >= 0.3 is 0 Å². The summed E-state index contributed by atoms with van der Waals surface area (Å²) in [6.45, 7) is 1.86. The summed E-state index contributed by atoms with van der Waals surface area (Å²) in [6.07, 6.45) is 1.73. The Bertz CT molecular complexity index is 1220. The van der Waals surface area contributed by atoms with E-state index < -0.39 is 10.0 Å². The van der Waals surface area contributed by atoms with Crippen molar-refractivity contribution in [1.82, 2.24) is 9.97 Å². The molecule has 136 valence electrons. The highest BCUT2D eigenvalue weighted by Crippen LogP contribution is 2.34. The number of benzene rings is 2. The third-order valence-electron chi connectivity index (χ3n) is 4.10. The zero-order valence-electron chi connectivity index (χ0n) is 14.2. The Morgan fingerprint density at radius 2 is 1.85 bits per heavy atom. The fraction of sp³-hybridized carbons (Fsp3) is 0.0526. The van der Waals surface area contributed by atoms with Crippen LogP contribution in [0.2, 0.25) is 5.02 Å². The smallest absolute Gasteiger partial charge is 0.263 e. The molecule has 2 aromatic heterocycles. The average Bonchev–Trinajstić information content (AvgIpc) is 3.07. The maximum atomic E-state index is 12.7. The van der Waals surface area contributed by atoms with E-state index in [-0.39, 0.29) is 9.92 Å². The van der Waals surface area contributed by atoms with Crippen LogP contribution in [0.3, 0.4) is 0 Å². The van der Waals surface area contributed by atoms with Gasteiger partial charge in [-0.25, -0.2) is 18.4 Å². The summed E-state index contributed by atoms with van der Waals surface area (Å²) in [5.74, 6) is 0. The van der Waals surface area contributed by atoms with Gasteiger partial charge in [-0.2, -0.15) is 0 Å². The average molecular weight is 416 g/mol. The second-order valence-corrected chi connectivity index (χ2v) is 8.90. The van der Waals surface area contributed by atoms with E-state index in [1.54, 1.807) is 36.5 Å². The van der Waals surface area contributed by atoms with Crippen molar-refractivity contribution in [1.29, 1.82) is 0 Å². The maximum absolute atomic E-state index is 12.7. The molecule has 0 bridgehead atoms. The molecule has 27 heavy (non-hydrogen) atoms. The van der Waals surface area contributed by atoms with E-state index in [0.29, 0.717) is 5.69 Å². The maximum Gasteiger partial charge on any atom is 0.263 e. The Balaban J connectivity index is 1.75. The van der Waals surface area contributed by atoms with Crippen molar-refractivity contribution >= 4 is 49.0 Å². The van der Waals surface area contributed by atoms with Gasteiger partial charge in [0.25, 0.3) is 10.0 Å². The summed E-state index contributed by atoms with van der Waals surface area (Å²) in [5, 5.41) is 0.969. The fourth-order valence-electron chi connectivity index (χ4n) is 2.73. The number of aromatic nitrogens is 2. The standard InChI is InChI=1S/C19H14ClN3O2S2/c1-12-13(18-22-16-9-5-11-21-19(16)26-18)6-4-8-15(12)23-27(24,25)17-10-3-2-7-14(17)20/h2-11,23H,1H3. The molecule has 0 spiro atoms. The number of sulfonamides is 1. The number of hydrogen-bond acceptors (Lipinski definition) is 5. The molecule has 0 amide bonds. The first-order chi connectivity index (χ1) is 13.0. The second-order valence-electron chi connectivity index (χ2n) is 5.86. The number of hydrogen-bond donors (Lipinski definition) is 1. The number of anilines is 1. The minimum Gasteiger partial charge on any atom is -0.279 e. The highest BCUT2D eigenvalue weighted by atomic mass is 35.5. The number of halogens is 1. The molecule has 0 saturated heterocycles. The van der Waals surface area contributed by atoms with Crippen LogP contribution in [0.25, 0.3) is 20.9 Å². The fourth-order valence-corrected chi connectivity index (χ4v) is 5.36. The Kier molecular flexibility index (Phi) is 4.59. The normalized spacial score (nSPS) is 11.6. The van der Waals surface area contributed by atoms with Crippen molar-refractivity contribution in [3.05, 3.63) is 71.4 Å². The van der Waals surface area contributed by atoms with Crippen LogP contribution in [0.1, 0.15) is 5.56 Å². The molecule has 4 aromatic rings. The number of nitrogens with one attached hydrogen (secondary N) is 1. The van der Waals surface area contributed by atoms with Gasteiger partial charge in [0, 0.05) is 11.8 Å². The van der Waals surface area contributed by atoms with Gasteiger partial charge in [-0.3, -0.25) is 4.72 Å². The Morgan fingerprint density at radius 1 is 1.04 bits per heavy atom. The first-order valence-corrected chi connectivity index (χ1v) is 10.7. The van der Waals surface area contributed by atoms with Gasteiger partial charge in [-0.05, 0) is 42.8 Å². The summed E-state index contributed by atoms with van der Waals surface area (Å²) in [4.78, 5) is 9.81. The Labute approximate surface area is 165 Å². The number of fused-ring (bicyclic) bond motifs is 1. The zero-order valence-corrected chi connectivity index (χ0v) is 16.6. The van der Waals surface area contributed by atoms with E-state index >= 15 is 0 Å². The third-order valence-corrected chi connectivity index (χ3v) is 6.98.